The first-order valence-electron chi connectivity index (χ1n) is 27.0. The molecule has 10 heteroatoms. The molecule has 0 aromatic heterocycles. The molecule has 0 aliphatic heterocycles. The number of phosphoric ester groups is 1. The van der Waals surface area contributed by atoms with Crippen LogP contribution < -0.4 is 4.89 Å². The lowest BCUT2D eigenvalue weighted by Gasteiger charge is -2.28. The van der Waals surface area contributed by atoms with E-state index in [0.717, 1.165) is 38.5 Å². The van der Waals surface area contributed by atoms with E-state index in [-0.39, 0.29) is 32.0 Å². The van der Waals surface area contributed by atoms with Crippen LogP contribution in [0.5, 0.6) is 0 Å². The van der Waals surface area contributed by atoms with Crippen molar-refractivity contribution in [1.29, 1.82) is 0 Å². The summed E-state index contributed by atoms with van der Waals surface area (Å²) in [5.74, 6) is -0.825. The lowest BCUT2D eigenvalue weighted by molar-refractivity contribution is -0.870. The molecule has 0 rings (SSSR count). The number of esters is 2. The number of nitrogens with zero attached hydrogens (tertiary/aromatic N) is 1. The maximum Gasteiger partial charge on any atom is 0.306 e. The smallest absolute Gasteiger partial charge is 0.306 e. The summed E-state index contributed by atoms with van der Waals surface area (Å²) in [6.07, 6.45) is 53.5. The van der Waals surface area contributed by atoms with Gasteiger partial charge in [0.1, 0.15) is 19.8 Å². The summed E-state index contributed by atoms with van der Waals surface area (Å²) >= 11 is 0. The molecule has 64 heavy (non-hydrogen) atoms. The minimum Gasteiger partial charge on any atom is -0.756 e. The van der Waals surface area contributed by atoms with Gasteiger partial charge in [-0.1, -0.05) is 205 Å². The predicted molar refractivity (Wildman–Crippen MR) is 268 cm³/mol. The molecule has 0 fully saturated rings. The molecule has 0 bridgehead atoms. The van der Waals surface area contributed by atoms with Crippen molar-refractivity contribution in [3.05, 3.63) is 24.3 Å². The fourth-order valence-electron chi connectivity index (χ4n) is 7.71. The maximum atomic E-state index is 12.8. The second-order valence-electron chi connectivity index (χ2n) is 19.6. The molecule has 0 aliphatic rings. The van der Waals surface area contributed by atoms with Gasteiger partial charge < -0.3 is 27.9 Å². The molecule has 0 aliphatic carbocycles. The van der Waals surface area contributed by atoms with Crippen LogP contribution in [0.15, 0.2) is 24.3 Å². The number of unbranched alkanes of at least 4 members (excludes halogenated alkanes) is 32. The van der Waals surface area contributed by atoms with E-state index >= 15 is 0 Å². The number of quaternary nitrogens is 1. The first kappa shape index (κ1) is 62.5. The van der Waals surface area contributed by atoms with E-state index in [9.17, 15) is 19.0 Å². The highest BCUT2D eigenvalue weighted by molar-refractivity contribution is 7.45. The molecule has 0 spiro atoms. The van der Waals surface area contributed by atoms with Gasteiger partial charge in [-0.3, -0.25) is 14.2 Å². The molecule has 0 heterocycles. The average Bonchev–Trinajstić information content (AvgIpc) is 3.25. The summed E-state index contributed by atoms with van der Waals surface area (Å²) in [6.45, 7) is 4.26. The highest BCUT2D eigenvalue weighted by Gasteiger charge is 2.21. The van der Waals surface area contributed by atoms with Gasteiger partial charge in [-0.05, 0) is 64.2 Å². The third-order valence-corrected chi connectivity index (χ3v) is 12.9. The number of phosphoric acid groups is 1. The zero-order valence-corrected chi connectivity index (χ0v) is 43.6. The second-order valence-corrected chi connectivity index (χ2v) is 21.0. The van der Waals surface area contributed by atoms with E-state index in [1.807, 2.05) is 21.1 Å². The summed E-state index contributed by atoms with van der Waals surface area (Å²) in [6, 6.07) is 0. The van der Waals surface area contributed by atoms with E-state index in [0.29, 0.717) is 17.4 Å². The molecule has 0 saturated carbocycles. The third-order valence-electron chi connectivity index (χ3n) is 11.9. The number of carbonyl (C=O) groups is 2. The highest BCUT2D eigenvalue weighted by atomic mass is 31.2. The van der Waals surface area contributed by atoms with Gasteiger partial charge in [0.25, 0.3) is 7.82 Å². The summed E-state index contributed by atoms with van der Waals surface area (Å²) in [5, 5.41) is 0. The van der Waals surface area contributed by atoms with Gasteiger partial charge in [0.2, 0.25) is 0 Å². The summed E-state index contributed by atoms with van der Waals surface area (Å²) in [4.78, 5) is 37.8. The Labute approximate surface area is 396 Å². The van der Waals surface area contributed by atoms with Crippen molar-refractivity contribution in [2.24, 2.45) is 0 Å². The van der Waals surface area contributed by atoms with E-state index in [1.54, 1.807) is 0 Å². The lowest BCUT2D eigenvalue weighted by atomic mass is 10.0. The molecule has 0 aromatic rings. The Morgan fingerprint density at radius 3 is 1.16 bits per heavy atom. The van der Waals surface area contributed by atoms with Crippen LogP contribution in [-0.4, -0.2) is 70.0 Å². The van der Waals surface area contributed by atoms with Crippen molar-refractivity contribution in [2.45, 2.75) is 264 Å². The summed E-state index contributed by atoms with van der Waals surface area (Å²) in [5.41, 5.74) is 0. The Balaban J connectivity index is 4.20. The van der Waals surface area contributed by atoms with Crippen LogP contribution >= 0.6 is 7.82 Å². The minimum absolute atomic E-state index is 0.0294. The Hall–Kier alpha value is -1.51. The van der Waals surface area contributed by atoms with Crippen molar-refractivity contribution in [3.8, 4) is 0 Å². The lowest BCUT2D eigenvalue weighted by Crippen LogP contribution is -2.37. The normalized spacial score (nSPS) is 13.5. The van der Waals surface area contributed by atoms with Crippen LogP contribution in [0.1, 0.15) is 258 Å². The van der Waals surface area contributed by atoms with Gasteiger partial charge in [0.05, 0.1) is 27.7 Å². The number of hydrogen-bond donors (Lipinski definition) is 0. The molecule has 0 radical (unpaired) electrons. The zero-order chi connectivity index (χ0) is 47.1. The zero-order valence-electron chi connectivity index (χ0n) is 42.7. The number of ether oxygens (including phenoxy) is 2. The molecule has 378 valence electrons. The van der Waals surface area contributed by atoms with Crippen LogP contribution in [0, 0.1) is 0 Å². The van der Waals surface area contributed by atoms with Gasteiger partial charge in [-0.15, -0.1) is 0 Å². The van der Waals surface area contributed by atoms with Gasteiger partial charge >= 0.3 is 11.9 Å². The van der Waals surface area contributed by atoms with Gasteiger partial charge in [0.15, 0.2) is 6.10 Å². The minimum atomic E-state index is -4.63. The number of rotatable bonds is 50. The Kier molecular flexibility index (Phi) is 45.5. The first-order chi connectivity index (χ1) is 31.0. The predicted octanol–water partition coefficient (Wildman–Crippen LogP) is 15.6. The Morgan fingerprint density at radius 1 is 0.469 bits per heavy atom. The van der Waals surface area contributed by atoms with E-state index < -0.39 is 26.5 Å². The SMILES string of the molecule is CCCCCCCC/C=C/CCCCCCCCCCCCCC(=O)OC[C@H](COP(=O)([O-])OCC[N+](C)(C)C)OC(=O)CCCCCCCCCCC/C=C/CCCCCCCC. The fraction of sp³-hybridized carbons (Fsp3) is 0.889. The van der Waals surface area contributed by atoms with Crippen LogP contribution in [0.2, 0.25) is 0 Å². The number of likely N-dealkylation sites (N-methyl/N-ethyl adjacent to an activating group) is 1. The monoisotopic (exact) mass is 926 g/mol. The van der Waals surface area contributed by atoms with Gasteiger partial charge in [-0.25, -0.2) is 0 Å². The molecule has 1 unspecified atom stereocenters. The largest absolute Gasteiger partial charge is 0.756 e. The second kappa shape index (κ2) is 46.6. The van der Waals surface area contributed by atoms with Crippen LogP contribution in [0.4, 0.5) is 0 Å². The molecule has 0 N–H and O–H groups in total. The fourth-order valence-corrected chi connectivity index (χ4v) is 8.43. The summed E-state index contributed by atoms with van der Waals surface area (Å²) in [7, 11) is 1.17. The molecular formula is C54H104NO8P. The van der Waals surface area contributed by atoms with E-state index in [1.165, 1.54) is 186 Å². The molecule has 9 nitrogen and oxygen atoms in total. The van der Waals surface area contributed by atoms with Crippen molar-refractivity contribution in [2.75, 3.05) is 47.5 Å². The number of allylic oxidation sites excluding steroid dienone is 4. The molecule has 0 aromatic carbocycles. The van der Waals surface area contributed by atoms with Gasteiger partial charge in [-0.2, -0.15) is 0 Å². The molecule has 2 atom stereocenters. The Morgan fingerprint density at radius 2 is 0.797 bits per heavy atom. The van der Waals surface area contributed by atoms with Crippen molar-refractivity contribution in [1.82, 2.24) is 0 Å². The first-order valence-corrected chi connectivity index (χ1v) is 28.5. The van der Waals surface area contributed by atoms with Crippen LogP contribution in [0.25, 0.3) is 0 Å². The molecule has 0 saturated heterocycles. The quantitative estimate of drug-likeness (QED) is 0.0195. The van der Waals surface area contributed by atoms with Crippen LogP contribution in [0.3, 0.4) is 0 Å². The topological polar surface area (TPSA) is 111 Å². The van der Waals surface area contributed by atoms with Crippen molar-refractivity contribution < 1.29 is 42.1 Å². The van der Waals surface area contributed by atoms with E-state index in [2.05, 4.69) is 38.2 Å². The average molecular weight is 926 g/mol. The maximum absolute atomic E-state index is 12.8. The highest BCUT2D eigenvalue weighted by Crippen LogP contribution is 2.38. The summed E-state index contributed by atoms with van der Waals surface area (Å²) < 4.78 is 34.1. The molecular weight excluding hydrogens is 822 g/mol. The van der Waals surface area contributed by atoms with Crippen LogP contribution in [-0.2, 0) is 32.7 Å². The van der Waals surface area contributed by atoms with Gasteiger partial charge in [0, 0.05) is 12.8 Å². The third kappa shape index (κ3) is 49.9. The number of hydrogen-bond acceptors (Lipinski definition) is 8. The molecule has 0 amide bonds. The Bertz CT molecular complexity index is 1140. The number of carbonyl (C=O) groups excluding carboxylic acids is 2. The standard InChI is InChI=1S/C54H104NO8P/c1-6-8-10-12-14-16-18-20-22-24-26-27-29-30-32-34-36-38-40-42-44-46-53(56)60-50-52(51-62-64(58,59)61-49-48-55(3,4)5)63-54(57)47-45-43-41-39-37-35-33-31-28-25-23-21-19-17-15-13-11-9-7-2/h20-23,52H,6-19,24-51H2,1-5H3/b22-20+,23-21+/t52-/m1/s1. The van der Waals surface area contributed by atoms with Crippen molar-refractivity contribution >= 4 is 19.8 Å². The van der Waals surface area contributed by atoms with E-state index in [4.69, 9.17) is 18.5 Å². The van der Waals surface area contributed by atoms with Crippen molar-refractivity contribution in [3.63, 3.8) is 0 Å².